The van der Waals surface area contributed by atoms with Gasteiger partial charge in [-0.05, 0) is 26.8 Å². The van der Waals surface area contributed by atoms with E-state index >= 15 is 0 Å². The summed E-state index contributed by atoms with van der Waals surface area (Å²) < 4.78 is 14.5. The fraction of sp³-hybridized carbons (Fsp3) is 0.583. The van der Waals surface area contributed by atoms with E-state index in [-0.39, 0.29) is 32.1 Å². The van der Waals surface area contributed by atoms with E-state index in [1.54, 1.807) is 20.8 Å². The molecule has 2 amide bonds. The van der Waals surface area contributed by atoms with Gasteiger partial charge in [0.2, 0.25) is 0 Å². The molecule has 0 atom stereocenters. The second-order valence-corrected chi connectivity index (χ2v) is 3.60. The molecule has 20 heavy (non-hydrogen) atoms. The van der Waals surface area contributed by atoms with Crippen LogP contribution in [0.1, 0.15) is 20.8 Å². The van der Waals surface area contributed by atoms with Crippen molar-refractivity contribution in [3.05, 3.63) is 11.8 Å². The van der Waals surface area contributed by atoms with Crippen LogP contribution in [-0.4, -0.2) is 54.5 Å². The summed E-state index contributed by atoms with van der Waals surface area (Å²) in [4.78, 5) is 35.4. The predicted molar refractivity (Wildman–Crippen MR) is 67.3 cm³/mol. The molecule has 0 N–H and O–H groups in total. The SMILES string of the molecule is CCOC(=O)C1=CCN(C(=O)OCC)N1C(=O)OCC. The Labute approximate surface area is 116 Å². The van der Waals surface area contributed by atoms with Gasteiger partial charge in [0, 0.05) is 0 Å². The van der Waals surface area contributed by atoms with Crippen molar-refractivity contribution in [1.82, 2.24) is 10.0 Å². The Bertz CT molecular complexity index is 420. The summed E-state index contributed by atoms with van der Waals surface area (Å²) >= 11 is 0. The average Bonchev–Trinajstić information content (AvgIpc) is 2.84. The highest BCUT2D eigenvalue weighted by Gasteiger charge is 2.39. The number of carbonyl (C=O) groups is 3. The Morgan fingerprint density at radius 1 is 1.00 bits per heavy atom. The van der Waals surface area contributed by atoms with Gasteiger partial charge in [0.05, 0.1) is 26.4 Å². The molecule has 8 nitrogen and oxygen atoms in total. The number of rotatable bonds is 4. The maximum absolute atomic E-state index is 11.9. The van der Waals surface area contributed by atoms with Crippen LogP contribution in [0.15, 0.2) is 11.8 Å². The van der Waals surface area contributed by atoms with Crippen molar-refractivity contribution < 1.29 is 28.6 Å². The molecule has 0 saturated heterocycles. The van der Waals surface area contributed by atoms with Gasteiger partial charge < -0.3 is 14.2 Å². The van der Waals surface area contributed by atoms with E-state index < -0.39 is 18.2 Å². The third kappa shape index (κ3) is 3.40. The molecule has 112 valence electrons. The van der Waals surface area contributed by atoms with Crippen molar-refractivity contribution in [3.63, 3.8) is 0 Å². The molecule has 0 aromatic rings. The van der Waals surface area contributed by atoms with E-state index in [1.807, 2.05) is 0 Å². The normalized spacial score (nSPS) is 13.8. The summed E-state index contributed by atoms with van der Waals surface area (Å²) in [7, 11) is 0. The van der Waals surface area contributed by atoms with Gasteiger partial charge in [0.1, 0.15) is 0 Å². The first-order chi connectivity index (χ1) is 9.56. The van der Waals surface area contributed by atoms with Crippen molar-refractivity contribution >= 4 is 18.2 Å². The van der Waals surface area contributed by atoms with Crippen LogP contribution in [-0.2, 0) is 19.0 Å². The summed E-state index contributed by atoms with van der Waals surface area (Å²) in [6.45, 7) is 5.37. The Morgan fingerprint density at radius 3 is 2.10 bits per heavy atom. The summed E-state index contributed by atoms with van der Waals surface area (Å²) in [5, 5.41) is 1.81. The molecule has 8 heteroatoms. The van der Waals surface area contributed by atoms with Crippen LogP contribution >= 0.6 is 0 Å². The van der Waals surface area contributed by atoms with Gasteiger partial charge in [-0.1, -0.05) is 0 Å². The molecule has 0 aromatic heterocycles. The van der Waals surface area contributed by atoms with Gasteiger partial charge in [-0.2, -0.15) is 5.01 Å². The van der Waals surface area contributed by atoms with Gasteiger partial charge in [0.25, 0.3) is 0 Å². The Kier molecular flexibility index (Phi) is 5.82. The first kappa shape index (κ1) is 15.8. The van der Waals surface area contributed by atoms with Crippen LogP contribution in [0, 0.1) is 0 Å². The lowest BCUT2D eigenvalue weighted by atomic mass is 10.4. The minimum Gasteiger partial charge on any atom is -0.461 e. The highest BCUT2D eigenvalue weighted by Crippen LogP contribution is 2.20. The largest absolute Gasteiger partial charge is 0.461 e. The Morgan fingerprint density at radius 2 is 1.55 bits per heavy atom. The van der Waals surface area contributed by atoms with Gasteiger partial charge >= 0.3 is 18.2 Å². The second-order valence-electron chi connectivity index (χ2n) is 3.60. The molecule has 0 saturated carbocycles. The van der Waals surface area contributed by atoms with E-state index in [2.05, 4.69) is 0 Å². The number of hydrogen-bond donors (Lipinski definition) is 0. The van der Waals surface area contributed by atoms with E-state index in [0.29, 0.717) is 0 Å². The summed E-state index contributed by atoms with van der Waals surface area (Å²) in [5.74, 6) is -0.702. The molecule has 1 aliphatic rings. The first-order valence-electron chi connectivity index (χ1n) is 6.35. The first-order valence-corrected chi connectivity index (χ1v) is 6.35. The molecule has 0 unspecified atom stereocenters. The van der Waals surface area contributed by atoms with Crippen molar-refractivity contribution in [2.24, 2.45) is 0 Å². The summed E-state index contributed by atoms with van der Waals surface area (Å²) in [5.41, 5.74) is -0.0571. The number of ether oxygens (including phenoxy) is 3. The minimum absolute atomic E-state index is 0.0335. The number of hydrogen-bond acceptors (Lipinski definition) is 6. The molecular weight excluding hydrogens is 268 g/mol. The van der Waals surface area contributed by atoms with Crippen LogP contribution in [0.4, 0.5) is 9.59 Å². The quantitative estimate of drug-likeness (QED) is 0.571. The summed E-state index contributed by atoms with van der Waals surface area (Å²) in [6, 6.07) is 0. The lowest BCUT2D eigenvalue weighted by Crippen LogP contribution is -2.47. The van der Waals surface area contributed by atoms with Gasteiger partial charge in [0.15, 0.2) is 5.70 Å². The van der Waals surface area contributed by atoms with Crippen LogP contribution in [0.2, 0.25) is 0 Å². The molecule has 0 radical (unpaired) electrons. The maximum Gasteiger partial charge on any atom is 0.434 e. The van der Waals surface area contributed by atoms with Crippen LogP contribution < -0.4 is 0 Å². The van der Waals surface area contributed by atoms with Crippen molar-refractivity contribution in [2.45, 2.75) is 20.8 Å². The number of hydrazine groups is 1. The summed E-state index contributed by atoms with van der Waals surface area (Å²) in [6.07, 6.45) is -0.167. The monoisotopic (exact) mass is 286 g/mol. The number of esters is 1. The average molecular weight is 286 g/mol. The third-order valence-corrected chi connectivity index (χ3v) is 2.33. The smallest absolute Gasteiger partial charge is 0.434 e. The molecule has 0 aromatic carbocycles. The number of amides is 2. The zero-order chi connectivity index (χ0) is 15.1. The van der Waals surface area contributed by atoms with E-state index in [9.17, 15) is 14.4 Å². The Balaban J connectivity index is 2.93. The zero-order valence-electron chi connectivity index (χ0n) is 11.7. The van der Waals surface area contributed by atoms with E-state index in [0.717, 1.165) is 10.0 Å². The van der Waals surface area contributed by atoms with E-state index in [4.69, 9.17) is 14.2 Å². The number of carbonyl (C=O) groups excluding carboxylic acids is 3. The highest BCUT2D eigenvalue weighted by molar-refractivity contribution is 5.94. The van der Waals surface area contributed by atoms with Crippen LogP contribution in [0.5, 0.6) is 0 Å². The molecule has 1 heterocycles. The molecule has 0 bridgehead atoms. The Hall–Kier alpha value is -2.25. The van der Waals surface area contributed by atoms with Crippen molar-refractivity contribution in [1.29, 1.82) is 0 Å². The lowest BCUT2D eigenvalue weighted by Gasteiger charge is -2.27. The third-order valence-electron chi connectivity index (χ3n) is 2.33. The predicted octanol–water partition coefficient (Wildman–Crippen LogP) is 1.28. The van der Waals surface area contributed by atoms with Crippen molar-refractivity contribution in [3.8, 4) is 0 Å². The van der Waals surface area contributed by atoms with Gasteiger partial charge in [-0.3, -0.25) is 0 Å². The minimum atomic E-state index is -0.836. The lowest BCUT2D eigenvalue weighted by molar-refractivity contribution is -0.141. The molecule has 1 aliphatic heterocycles. The topological polar surface area (TPSA) is 85.4 Å². The molecular formula is C12H18N2O6. The molecule has 0 spiro atoms. The molecule has 1 rings (SSSR count). The zero-order valence-corrected chi connectivity index (χ0v) is 11.7. The van der Waals surface area contributed by atoms with E-state index in [1.165, 1.54) is 6.08 Å². The second kappa shape index (κ2) is 7.37. The fourth-order valence-electron chi connectivity index (χ4n) is 1.58. The van der Waals surface area contributed by atoms with Gasteiger partial charge in [-0.25, -0.2) is 19.4 Å². The van der Waals surface area contributed by atoms with Gasteiger partial charge in [-0.15, -0.1) is 0 Å². The standard InChI is InChI=1S/C12H18N2O6/c1-4-18-10(15)9-7-8-13(11(16)19-5-2)14(9)12(17)20-6-3/h7H,4-6,8H2,1-3H3. The fourth-order valence-corrected chi connectivity index (χ4v) is 1.58. The maximum atomic E-state index is 11.9. The number of nitrogens with zero attached hydrogens (tertiary/aromatic N) is 2. The molecule has 0 fully saturated rings. The highest BCUT2D eigenvalue weighted by atomic mass is 16.6. The van der Waals surface area contributed by atoms with Crippen LogP contribution in [0.3, 0.4) is 0 Å². The van der Waals surface area contributed by atoms with Crippen molar-refractivity contribution in [2.75, 3.05) is 26.4 Å². The molecule has 0 aliphatic carbocycles. The van der Waals surface area contributed by atoms with Crippen LogP contribution in [0.25, 0.3) is 0 Å².